The van der Waals surface area contributed by atoms with Gasteiger partial charge in [0.05, 0.1) is 0 Å². The van der Waals surface area contributed by atoms with Gasteiger partial charge in [0.1, 0.15) is 0 Å². The van der Waals surface area contributed by atoms with Gasteiger partial charge in [0.2, 0.25) is 0 Å². The van der Waals surface area contributed by atoms with Crippen LogP contribution in [0.25, 0.3) is 0 Å². The molecule has 1 aliphatic carbocycles. The lowest BCUT2D eigenvalue weighted by Crippen LogP contribution is -2.35. The summed E-state index contributed by atoms with van der Waals surface area (Å²) in [6.45, 7) is 4.59. The van der Waals surface area contributed by atoms with Gasteiger partial charge in [-0.15, -0.1) is 0 Å². The van der Waals surface area contributed by atoms with Crippen LogP contribution in [0.4, 0.5) is 0 Å². The van der Waals surface area contributed by atoms with Gasteiger partial charge in [0, 0.05) is 16.6 Å². The topological polar surface area (TPSA) is 12.0 Å². The normalized spacial score (nSPS) is 25.9. The van der Waals surface area contributed by atoms with Crippen LogP contribution in [0.3, 0.4) is 0 Å². The van der Waals surface area contributed by atoms with Gasteiger partial charge in [-0.3, -0.25) is 0 Å². The zero-order valence-electron chi connectivity index (χ0n) is 11.5. The number of benzene rings is 1. The van der Waals surface area contributed by atoms with Gasteiger partial charge in [-0.1, -0.05) is 47.5 Å². The molecule has 1 nitrogen and oxygen atoms in total. The zero-order valence-corrected chi connectivity index (χ0v) is 13.0. The van der Waals surface area contributed by atoms with Crippen LogP contribution in [-0.4, -0.2) is 6.04 Å². The summed E-state index contributed by atoms with van der Waals surface area (Å²) >= 11 is 3.64. The lowest BCUT2D eigenvalue weighted by atomic mass is 9.84. The Hall–Kier alpha value is -0.340. The first-order chi connectivity index (χ1) is 8.70. The highest BCUT2D eigenvalue weighted by Crippen LogP contribution is 2.29. The Morgan fingerprint density at radius 2 is 1.89 bits per heavy atom. The van der Waals surface area contributed by atoms with Crippen molar-refractivity contribution in [1.29, 1.82) is 0 Å². The molecule has 1 fully saturated rings. The van der Waals surface area contributed by atoms with Crippen molar-refractivity contribution in [2.45, 2.75) is 58.0 Å². The highest BCUT2D eigenvalue weighted by atomic mass is 79.9. The first-order valence-electron chi connectivity index (χ1n) is 7.21. The molecule has 2 rings (SSSR count). The van der Waals surface area contributed by atoms with Crippen molar-refractivity contribution in [2.75, 3.05) is 0 Å². The molecule has 0 radical (unpaired) electrons. The smallest absolute Gasteiger partial charge is 0.0305 e. The van der Waals surface area contributed by atoms with Crippen LogP contribution in [-0.2, 0) is 0 Å². The fraction of sp³-hybridized carbons (Fsp3) is 0.625. The molecular weight excluding hydrogens is 286 g/mol. The minimum atomic E-state index is 0.434. The summed E-state index contributed by atoms with van der Waals surface area (Å²) in [5.41, 5.74) is 1.37. The minimum absolute atomic E-state index is 0.434. The first-order valence-corrected chi connectivity index (χ1v) is 8.00. The molecule has 2 heteroatoms. The lowest BCUT2D eigenvalue weighted by molar-refractivity contribution is 0.273. The third-order valence-electron chi connectivity index (χ3n) is 4.28. The van der Waals surface area contributed by atoms with E-state index < -0.39 is 0 Å². The summed E-state index contributed by atoms with van der Waals surface area (Å²) in [4.78, 5) is 0. The van der Waals surface area contributed by atoms with Crippen LogP contribution >= 0.6 is 15.9 Å². The first kappa shape index (κ1) is 14.1. The molecule has 1 aliphatic rings. The van der Waals surface area contributed by atoms with Crippen molar-refractivity contribution in [3.05, 3.63) is 34.3 Å². The number of halogens is 1. The average Bonchev–Trinajstić information content (AvgIpc) is 2.40. The molecule has 0 heterocycles. The fourth-order valence-corrected chi connectivity index (χ4v) is 3.64. The predicted octanol–water partition coefficient (Wildman–Crippen LogP) is 5.07. The molecule has 1 aromatic rings. The summed E-state index contributed by atoms with van der Waals surface area (Å²) in [5, 5.41) is 3.79. The van der Waals surface area contributed by atoms with Crippen molar-refractivity contribution in [2.24, 2.45) is 5.92 Å². The largest absolute Gasteiger partial charge is 0.307 e. The lowest BCUT2D eigenvalue weighted by Gasteiger charge is -2.31. The molecule has 1 saturated carbocycles. The maximum Gasteiger partial charge on any atom is 0.0305 e. The molecule has 0 amide bonds. The highest BCUT2D eigenvalue weighted by molar-refractivity contribution is 9.10. The molecule has 0 bridgehead atoms. The molecule has 0 saturated heterocycles. The number of rotatable bonds is 4. The molecule has 1 aromatic carbocycles. The van der Waals surface area contributed by atoms with Crippen LogP contribution in [0.15, 0.2) is 28.7 Å². The molecule has 100 valence electrons. The number of hydrogen-bond acceptors (Lipinski definition) is 1. The molecule has 18 heavy (non-hydrogen) atoms. The SMILES string of the molecule is CCC1CCC(N[C@H](C)c2ccccc2Br)CC1. The van der Waals surface area contributed by atoms with Gasteiger partial charge in [0.15, 0.2) is 0 Å². The predicted molar refractivity (Wildman–Crippen MR) is 81.7 cm³/mol. The standard InChI is InChI=1S/C16H24BrN/c1-3-13-8-10-14(11-9-13)18-12(2)15-6-4-5-7-16(15)17/h4-7,12-14,18H,3,8-11H2,1-2H3/t12-,13?,14?/m1/s1. The van der Waals surface area contributed by atoms with E-state index in [2.05, 4.69) is 59.4 Å². The summed E-state index contributed by atoms with van der Waals surface area (Å²) < 4.78 is 1.22. The summed E-state index contributed by atoms with van der Waals surface area (Å²) in [5.74, 6) is 0.974. The van der Waals surface area contributed by atoms with Crippen molar-refractivity contribution in [1.82, 2.24) is 5.32 Å². The Labute approximate surface area is 119 Å². The van der Waals surface area contributed by atoms with E-state index in [-0.39, 0.29) is 0 Å². The Morgan fingerprint density at radius 3 is 2.50 bits per heavy atom. The maximum atomic E-state index is 3.79. The second kappa shape index (κ2) is 6.72. The fourth-order valence-electron chi connectivity index (χ4n) is 3.01. The molecule has 1 atom stereocenters. The van der Waals surface area contributed by atoms with E-state index in [9.17, 15) is 0 Å². The van der Waals surface area contributed by atoms with Gasteiger partial charge in [0.25, 0.3) is 0 Å². The van der Waals surface area contributed by atoms with Crippen molar-refractivity contribution in [3.8, 4) is 0 Å². The third kappa shape index (κ3) is 3.58. The van der Waals surface area contributed by atoms with Crippen molar-refractivity contribution < 1.29 is 0 Å². The second-order valence-electron chi connectivity index (χ2n) is 5.54. The van der Waals surface area contributed by atoms with E-state index in [1.54, 1.807) is 0 Å². The van der Waals surface area contributed by atoms with Crippen LogP contribution in [0.5, 0.6) is 0 Å². The van der Waals surface area contributed by atoms with Gasteiger partial charge < -0.3 is 5.32 Å². The van der Waals surface area contributed by atoms with E-state index >= 15 is 0 Å². The Kier molecular flexibility index (Phi) is 5.25. The van der Waals surface area contributed by atoms with E-state index in [4.69, 9.17) is 0 Å². The summed E-state index contributed by atoms with van der Waals surface area (Å²) in [7, 11) is 0. The molecule has 0 unspecified atom stereocenters. The molecule has 0 spiro atoms. The highest BCUT2D eigenvalue weighted by Gasteiger charge is 2.21. The molecule has 1 N–H and O–H groups in total. The maximum absolute atomic E-state index is 3.79. The Balaban J connectivity index is 1.89. The average molecular weight is 310 g/mol. The van der Waals surface area contributed by atoms with E-state index in [1.165, 1.54) is 42.1 Å². The van der Waals surface area contributed by atoms with Crippen molar-refractivity contribution in [3.63, 3.8) is 0 Å². The quantitative estimate of drug-likeness (QED) is 0.819. The van der Waals surface area contributed by atoms with Crippen LogP contribution in [0, 0.1) is 5.92 Å². The van der Waals surface area contributed by atoms with Crippen LogP contribution in [0.1, 0.15) is 57.6 Å². The number of nitrogens with one attached hydrogen (secondary N) is 1. The number of hydrogen-bond donors (Lipinski definition) is 1. The molecule has 0 aromatic heterocycles. The summed E-state index contributed by atoms with van der Waals surface area (Å²) in [6.07, 6.45) is 6.83. The third-order valence-corrected chi connectivity index (χ3v) is 5.00. The second-order valence-corrected chi connectivity index (χ2v) is 6.39. The zero-order chi connectivity index (χ0) is 13.0. The van der Waals surface area contributed by atoms with Crippen LogP contribution in [0.2, 0.25) is 0 Å². The Morgan fingerprint density at radius 1 is 1.22 bits per heavy atom. The Bertz CT molecular complexity index is 369. The van der Waals surface area contributed by atoms with E-state index in [0.717, 1.165) is 5.92 Å². The minimum Gasteiger partial charge on any atom is -0.307 e. The van der Waals surface area contributed by atoms with Gasteiger partial charge >= 0.3 is 0 Å². The van der Waals surface area contributed by atoms with E-state index in [0.29, 0.717) is 12.1 Å². The molecular formula is C16H24BrN. The van der Waals surface area contributed by atoms with Gasteiger partial charge in [-0.25, -0.2) is 0 Å². The van der Waals surface area contributed by atoms with Crippen molar-refractivity contribution >= 4 is 15.9 Å². The monoisotopic (exact) mass is 309 g/mol. The molecule has 0 aliphatic heterocycles. The van der Waals surface area contributed by atoms with Gasteiger partial charge in [-0.05, 0) is 50.2 Å². The van der Waals surface area contributed by atoms with Crippen LogP contribution < -0.4 is 5.32 Å². The van der Waals surface area contributed by atoms with Gasteiger partial charge in [-0.2, -0.15) is 0 Å². The summed E-state index contributed by atoms with van der Waals surface area (Å²) in [6, 6.07) is 9.67. The van der Waals surface area contributed by atoms with E-state index in [1.807, 2.05) is 0 Å².